The highest BCUT2D eigenvalue weighted by molar-refractivity contribution is 6.30. The molecule has 0 aliphatic carbocycles. The predicted octanol–water partition coefficient (Wildman–Crippen LogP) is 4.87. The lowest BCUT2D eigenvalue weighted by atomic mass is 9.97. The summed E-state index contributed by atoms with van der Waals surface area (Å²) >= 11 is 5.90. The first-order chi connectivity index (χ1) is 12.1. The Morgan fingerprint density at radius 2 is 1.48 bits per heavy atom. The third-order valence-electron chi connectivity index (χ3n) is 4.97. The van der Waals surface area contributed by atoms with Crippen LogP contribution in [0.3, 0.4) is 0 Å². The molecule has 3 nitrogen and oxygen atoms in total. The molecule has 134 valence electrons. The average Bonchev–Trinajstić information content (AvgIpc) is 2.63. The van der Waals surface area contributed by atoms with E-state index in [0.29, 0.717) is 5.92 Å². The zero-order valence-corrected chi connectivity index (χ0v) is 15.9. The highest BCUT2D eigenvalue weighted by atomic mass is 35.5. The van der Waals surface area contributed by atoms with Crippen LogP contribution in [0.4, 0.5) is 0 Å². The fourth-order valence-electron chi connectivity index (χ4n) is 3.12. The number of rotatable bonds is 6. The van der Waals surface area contributed by atoms with Crippen molar-refractivity contribution in [3.05, 3.63) is 59.1 Å². The smallest absolute Gasteiger partial charge is 0.127 e. The Hall–Kier alpha value is -1.55. The van der Waals surface area contributed by atoms with Crippen molar-refractivity contribution in [2.24, 2.45) is 0 Å². The molecular formula is C21H27ClN2O. The van der Waals surface area contributed by atoms with E-state index in [4.69, 9.17) is 16.3 Å². The minimum atomic E-state index is 0.559. The minimum absolute atomic E-state index is 0.559. The number of likely N-dealkylation sites (N-methyl/N-ethyl adjacent to an activating group) is 1. The van der Waals surface area contributed by atoms with Crippen LogP contribution in [0, 0.1) is 0 Å². The Morgan fingerprint density at radius 1 is 0.920 bits per heavy atom. The summed E-state index contributed by atoms with van der Waals surface area (Å²) in [5, 5.41) is 0.719. The van der Waals surface area contributed by atoms with Crippen molar-refractivity contribution in [1.29, 1.82) is 0 Å². The molecule has 0 bridgehead atoms. The second kappa shape index (κ2) is 8.70. The normalized spacial score (nSPS) is 17.4. The predicted molar refractivity (Wildman–Crippen MR) is 105 cm³/mol. The molecule has 1 unspecified atom stereocenters. The van der Waals surface area contributed by atoms with E-state index in [1.165, 1.54) is 44.7 Å². The lowest BCUT2D eigenvalue weighted by Crippen LogP contribution is -2.44. The van der Waals surface area contributed by atoms with E-state index >= 15 is 0 Å². The molecule has 1 aliphatic heterocycles. The summed E-state index contributed by atoms with van der Waals surface area (Å²) in [6.45, 7) is 8.24. The van der Waals surface area contributed by atoms with Crippen molar-refractivity contribution in [3.8, 4) is 11.5 Å². The van der Waals surface area contributed by atoms with Crippen LogP contribution in [0.25, 0.3) is 0 Å². The van der Waals surface area contributed by atoms with Crippen LogP contribution in [0.15, 0.2) is 48.5 Å². The van der Waals surface area contributed by atoms with Crippen LogP contribution in [0.5, 0.6) is 11.5 Å². The van der Waals surface area contributed by atoms with E-state index in [9.17, 15) is 0 Å². The van der Waals surface area contributed by atoms with Gasteiger partial charge in [0.25, 0.3) is 0 Å². The molecule has 1 saturated heterocycles. The zero-order valence-electron chi connectivity index (χ0n) is 15.1. The molecular weight excluding hydrogens is 332 g/mol. The number of ether oxygens (including phenoxy) is 1. The Kier molecular flexibility index (Phi) is 6.35. The van der Waals surface area contributed by atoms with Gasteiger partial charge in [0.1, 0.15) is 11.5 Å². The summed E-state index contributed by atoms with van der Waals surface area (Å²) in [6, 6.07) is 15.9. The van der Waals surface area contributed by atoms with Crippen LogP contribution in [-0.4, -0.2) is 49.6 Å². The van der Waals surface area contributed by atoms with Gasteiger partial charge in [-0.15, -0.1) is 0 Å². The summed E-state index contributed by atoms with van der Waals surface area (Å²) in [5.41, 5.74) is 1.37. The summed E-state index contributed by atoms with van der Waals surface area (Å²) in [5.74, 6) is 2.22. The zero-order chi connectivity index (χ0) is 17.6. The van der Waals surface area contributed by atoms with E-state index < -0.39 is 0 Å². The summed E-state index contributed by atoms with van der Waals surface area (Å²) in [6.07, 6.45) is 1.20. The van der Waals surface area contributed by atoms with Gasteiger partial charge in [-0.25, -0.2) is 0 Å². The van der Waals surface area contributed by atoms with Crippen molar-refractivity contribution < 1.29 is 4.74 Å². The second-order valence-electron chi connectivity index (χ2n) is 6.96. The van der Waals surface area contributed by atoms with E-state index in [2.05, 4.69) is 48.0 Å². The fourth-order valence-corrected chi connectivity index (χ4v) is 3.24. The molecule has 2 aromatic carbocycles. The second-order valence-corrected chi connectivity index (χ2v) is 7.40. The third kappa shape index (κ3) is 5.46. The Bertz CT molecular complexity index is 649. The first-order valence-corrected chi connectivity index (χ1v) is 9.42. The van der Waals surface area contributed by atoms with Crippen LogP contribution >= 0.6 is 11.6 Å². The number of hydrogen-bond acceptors (Lipinski definition) is 3. The van der Waals surface area contributed by atoms with Gasteiger partial charge in [0.15, 0.2) is 0 Å². The van der Waals surface area contributed by atoms with Gasteiger partial charge >= 0.3 is 0 Å². The summed E-state index contributed by atoms with van der Waals surface area (Å²) in [7, 11) is 2.20. The third-order valence-corrected chi connectivity index (χ3v) is 5.22. The molecule has 1 atom stereocenters. The SMILES string of the molecule is CC(CCN1CCN(C)CC1)c1ccc(Oc2ccc(Cl)cc2)cc1. The first-order valence-electron chi connectivity index (χ1n) is 9.04. The molecule has 2 aromatic rings. The topological polar surface area (TPSA) is 15.7 Å². The minimum Gasteiger partial charge on any atom is -0.457 e. The monoisotopic (exact) mass is 358 g/mol. The van der Waals surface area contributed by atoms with Crippen molar-refractivity contribution >= 4 is 11.6 Å². The molecule has 1 aliphatic rings. The Balaban J connectivity index is 1.50. The fraction of sp³-hybridized carbons (Fsp3) is 0.429. The number of nitrogens with zero attached hydrogens (tertiary/aromatic N) is 2. The lowest BCUT2D eigenvalue weighted by Gasteiger charge is -2.32. The highest BCUT2D eigenvalue weighted by Crippen LogP contribution is 2.26. The number of piperazine rings is 1. The molecule has 1 heterocycles. The van der Waals surface area contributed by atoms with Crippen molar-refractivity contribution in [2.45, 2.75) is 19.3 Å². The first kappa shape index (κ1) is 18.2. The molecule has 0 spiro atoms. The lowest BCUT2D eigenvalue weighted by molar-refractivity contribution is 0.151. The molecule has 25 heavy (non-hydrogen) atoms. The van der Waals surface area contributed by atoms with E-state index in [-0.39, 0.29) is 0 Å². The van der Waals surface area contributed by atoms with Gasteiger partial charge in [-0.05, 0) is 67.9 Å². The van der Waals surface area contributed by atoms with E-state index in [1.807, 2.05) is 24.3 Å². The molecule has 3 rings (SSSR count). The van der Waals surface area contributed by atoms with Gasteiger partial charge in [0, 0.05) is 31.2 Å². The maximum absolute atomic E-state index is 5.90. The highest BCUT2D eigenvalue weighted by Gasteiger charge is 2.15. The Labute approximate surface area is 156 Å². The van der Waals surface area contributed by atoms with Gasteiger partial charge in [-0.3, -0.25) is 0 Å². The van der Waals surface area contributed by atoms with Crippen molar-refractivity contribution in [2.75, 3.05) is 39.8 Å². The summed E-state index contributed by atoms with van der Waals surface area (Å²) in [4.78, 5) is 4.98. The molecule has 1 fully saturated rings. The molecule has 4 heteroatoms. The number of halogens is 1. The standard InChI is InChI=1S/C21H27ClN2O/c1-17(11-12-24-15-13-23(2)14-16-24)18-3-7-20(8-4-18)25-21-9-5-19(22)6-10-21/h3-10,17H,11-16H2,1-2H3. The quantitative estimate of drug-likeness (QED) is 0.732. The van der Waals surface area contributed by atoms with Crippen LogP contribution < -0.4 is 4.74 Å². The number of hydrogen-bond donors (Lipinski definition) is 0. The van der Waals surface area contributed by atoms with Gasteiger partial charge in [0.2, 0.25) is 0 Å². The van der Waals surface area contributed by atoms with Gasteiger partial charge < -0.3 is 14.5 Å². The molecule has 0 saturated carbocycles. The van der Waals surface area contributed by atoms with Gasteiger partial charge in [-0.2, -0.15) is 0 Å². The summed E-state index contributed by atoms with van der Waals surface area (Å²) < 4.78 is 5.86. The maximum Gasteiger partial charge on any atom is 0.127 e. The Morgan fingerprint density at radius 3 is 2.08 bits per heavy atom. The van der Waals surface area contributed by atoms with E-state index in [0.717, 1.165) is 16.5 Å². The molecule has 0 amide bonds. The van der Waals surface area contributed by atoms with Gasteiger partial charge in [-0.1, -0.05) is 30.7 Å². The van der Waals surface area contributed by atoms with Crippen LogP contribution in [-0.2, 0) is 0 Å². The average molecular weight is 359 g/mol. The van der Waals surface area contributed by atoms with Crippen LogP contribution in [0.1, 0.15) is 24.8 Å². The molecule has 0 aromatic heterocycles. The molecule has 0 N–H and O–H groups in total. The van der Waals surface area contributed by atoms with Gasteiger partial charge in [0.05, 0.1) is 0 Å². The van der Waals surface area contributed by atoms with Crippen LogP contribution in [0.2, 0.25) is 5.02 Å². The van der Waals surface area contributed by atoms with E-state index in [1.54, 1.807) is 0 Å². The van der Waals surface area contributed by atoms with Crippen molar-refractivity contribution in [1.82, 2.24) is 9.80 Å². The largest absolute Gasteiger partial charge is 0.457 e. The molecule has 0 radical (unpaired) electrons. The van der Waals surface area contributed by atoms with Crippen molar-refractivity contribution in [3.63, 3.8) is 0 Å². The maximum atomic E-state index is 5.90. The number of benzene rings is 2.